The van der Waals surface area contributed by atoms with E-state index in [-0.39, 0.29) is 0 Å². The molecule has 0 bridgehead atoms. The van der Waals surface area contributed by atoms with Gasteiger partial charge in [-0.2, -0.15) is 4.39 Å². The van der Waals surface area contributed by atoms with Crippen LogP contribution in [0.15, 0.2) is 12.4 Å². The average Bonchev–Trinajstić information content (AvgIpc) is 2.45. The van der Waals surface area contributed by atoms with Crippen LogP contribution >= 0.6 is 0 Å². The maximum absolute atomic E-state index is 12.8. The summed E-state index contributed by atoms with van der Waals surface area (Å²) in [7, 11) is 0. The first-order valence-electron chi connectivity index (χ1n) is 5.09. The molecule has 1 fully saturated rings. The molecule has 0 amide bonds. The van der Waals surface area contributed by atoms with Gasteiger partial charge in [-0.1, -0.05) is 12.8 Å². The Bertz CT molecular complexity index is 295. The third-order valence-electron chi connectivity index (χ3n) is 2.55. The second kappa shape index (κ2) is 4.35. The summed E-state index contributed by atoms with van der Waals surface area (Å²) in [6.45, 7) is 1.97. The maximum Gasteiger partial charge on any atom is 0.218 e. The molecule has 0 unspecified atom stereocenters. The predicted octanol–water partition coefficient (Wildman–Crippen LogP) is 2.00. The second-order valence-corrected chi connectivity index (χ2v) is 3.60. The Kier molecular flexibility index (Phi) is 2.91. The molecule has 4 heteroatoms. The van der Waals surface area contributed by atoms with E-state index in [1.54, 1.807) is 0 Å². The largest absolute Gasteiger partial charge is 0.356 e. The Labute approximate surface area is 83.0 Å². The van der Waals surface area contributed by atoms with Crippen molar-refractivity contribution in [3.05, 3.63) is 18.3 Å². The zero-order valence-electron chi connectivity index (χ0n) is 8.12. The molecule has 76 valence electrons. The number of anilines is 1. The van der Waals surface area contributed by atoms with Crippen molar-refractivity contribution in [3.63, 3.8) is 0 Å². The summed E-state index contributed by atoms with van der Waals surface area (Å²) >= 11 is 0. The number of aromatic nitrogens is 2. The van der Waals surface area contributed by atoms with Gasteiger partial charge in [-0.3, -0.25) is 0 Å². The minimum Gasteiger partial charge on any atom is -0.356 e. The number of hydrogen-bond acceptors (Lipinski definition) is 3. The van der Waals surface area contributed by atoms with E-state index in [1.807, 2.05) is 0 Å². The number of hydrogen-bond donors (Lipinski definition) is 0. The van der Waals surface area contributed by atoms with Crippen LogP contribution in [0.3, 0.4) is 0 Å². The Hall–Kier alpha value is -1.19. The van der Waals surface area contributed by atoms with Gasteiger partial charge in [-0.15, -0.1) is 0 Å². The maximum atomic E-state index is 12.8. The van der Waals surface area contributed by atoms with E-state index in [4.69, 9.17) is 0 Å². The molecule has 3 nitrogen and oxygen atoms in total. The monoisotopic (exact) mass is 195 g/mol. The SMILES string of the molecule is Fc1cc(N2CCCCCC2)ncn1. The topological polar surface area (TPSA) is 29.0 Å². The van der Waals surface area contributed by atoms with Gasteiger partial charge in [-0.05, 0) is 12.8 Å². The summed E-state index contributed by atoms with van der Waals surface area (Å²) in [6.07, 6.45) is 6.17. The summed E-state index contributed by atoms with van der Waals surface area (Å²) in [4.78, 5) is 9.67. The van der Waals surface area contributed by atoms with E-state index < -0.39 is 5.95 Å². The molecular weight excluding hydrogens is 181 g/mol. The lowest BCUT2D eigenvalue weighted by atomic mass is 10.2. The first-order valence-corrected chi connectivity index (χ1v) is 5.09. The van der Waals surface area contributed by atoms with Gasteiger partial charge in [-0.25, -0.2) is 9.97 Å². The van der Waals surface area contributed by atoms with Gasteiger partial charge < -0.3 is 4.90 Å². The van der Waals surface area contributed by atoms with Crippen LogP contribution in [0.2, 0.25) is 0 Å². The molecule has 1 aliphatic rings. The molecule has 0 radical (unpaired) electrons. The van der Waals surface area contributed by atoms with Crippen molar-refractivity contribution < 1.29 is 4.39 Å². The van der Waals surface area contributed by atoms with Crippen LogP contribution in [0.5, 0.6) is 0 Å². The zero-order chi connectivity index (χ0) is 9.80. The van der Waals surface area contributed by atoms with Crippen molar-refractivity contribution in [3.8, 4) is 0 Å². The lowest BCUT2D eigenvalue weighted by molar-refractivity contribution is 0.577. The molecule has 0 N–H and O–H groups in total. The van der Waals surface area contributed by atoms with Gasteiger partial charge in [0.2, 0.25) is 5.95 Å². The van der Waals surface area contributed by atoms with Crippen molar-refractivity contribution in [1.82, 2.24) is 9.97 Å². The molecule has 1 aromatic rings. The molecule has 0 atom stereocenters. The van der Waals surface area contributed by atoms with Crippen molar-refractivity contribution >= 4 is 5.82 Å². The summed E-state index contributed by atoms with van der Waals surface area (Å²) in [5, 5.41) is 0. The van der Waals surface area contributed by atoms with Gasteiger partial charge in [0.25, 0.3) is 0 Å². The highest BCUT2D eigenvalue weighted by Crippen LogP contribution is 2.16. The number of halogens is 1. The molecule has 2 heterocycles. The van der Waals surface area contributed by atoms with Gasteiger partial charge in [0, 0.05) is 19.2 Å². The lowest BCUT2D eigenvalue weighted by Gasteiger charge is -2.20. The molecule has 2 rings (SSSR count). The van der Waals surface area contributed by atoms with E-state index in [9.17, 15) is 4.39 Å². The molecule has 0 aliphatic carbocycles. The zero-order valence-corrected chi connectivity index (χ0v) is 8.12. The Morgan fingerprint density at radius 2 is 1.79 bits per heavy atom. The fourth-order valence-electron chi connectivity index (χ4n) is 1.80. The molecule has 1 saturated heterocycles. The van der Waals surface area contributed by atoms with E-state index in [1.165, 1.54) is 38.1 Å². The molecule has 1 aromatic heterocycles. The van der Waals surface area contributed by atoms with Crippen molar-refractivity contribution in [1.29, 1.82) is 0 Å². The molecule has 0 aromatic carbocycles. The van der Waals surface area contributed by atoms with Crippen molar-refractivity contribution in [2.45, 2.75) is 25.7 Å². The van der Waals surface area contributed by atoms with Crippen LogP contribution in [0.25, 0.3) is 0 Å². The summed E-state index contributed by atoms with van der Waals surface area (Å²) in [5.74, 6) is 0.277. The highest BCUT2D eigenvalue weighted by molar-refractivity contribution is 5.36. The molecule has 0 saturated carbocycles. The smallest absolute Gasteiger partial charge is 0.218 e. The van der Waals surface area contributed by atoms with Crippen LogP contribution in [0, 0.1) is 5.95 Å². The van der Waals surface area contributed by atoms with Gasteiger partial charge in [0.15, 0.2) is 0 Å². The minimum atomic E-state index is -0.445. The standard InChI is InChI=1S/C10H14FN3/c11-9-7-10(13-8-12-9)14-5-3-1-2-4-6-14/h7-8H,1-6H2. The third kappa shape index (κ3) is 2.19. The second-order valence-electron chi connectivity index (χ2n) is 3.60. The van der Waals surface area contributed by atoms with Crippen molar-refractivity contribution in [2.75, 3.05) is 18.0 Å². The predicted molar refractivity (Wildman–Crippen MR) is 52.7 cm³/mol. The molecular formula is C10H14FN3. The van der Waals surface area contributed by atoms with Crippen LogP contribution in [-0.2, 0) is 0 Å². The summed E-state index contributed by atoms with van der Waals surface area (Å²) < 4.78 is 12.8. The van der Waals surface area contributed by atoms with Gasteiger partial charge in [0.1, 0.15) is 12.1 Å². The number of rotatable bonds is 1. The first kappa shape index (κ1) is 9.37. The van der Waals surface area contributed by atoms with Crippen molar-refractivity contribution in [2.24, 2.45) is 0 Å². The Morgan fingerprint density at radius 1 is 1.07 bits per heavy atom. The normalized spacial score (nSPS) is 17.9. The molecule has 1 aliphatic heterocycles. The van der Waals surface area contributed by atoms with Crippen LogP contribution < -0.4 is 4.90 Å². The Balaban J connectivity index is 2.12. The van der Waals surface area contributed by atoms with E-state index in [0.717, 1.165) is 18.9 Å². The Morgan fingerprint density at radius 3 is 2.43 bits per heavy atom. The summed E-state index contributed by atoms with van der Waals surface area (Å²) in [6, 6.07) is 1.41. The van der Waals surface area contributed by atoms with Gasteiger partial charge >= 0.3 is 0 Å². The third-order valence-corrected chi connectivity index (χ3v) is 2.55. The average molecular weight is 195 g/mol. The summed E-state index contributed by atoms with van der Waals surface area (Å²) in [5.41, 5.74) is 0. The van der Waals surface area contributed by atoms with Crippen LogP contribution in [-0.4, -0.2) is 23.1 Å². The lowest BCUT2D eigenvalue weighted by Crippen LogP contribution is -2.25. The van der Waals surface area contributed by atoms with E-state index in [2.05, 4.69) is 14.9 Å². The fourth-order valence-corrected chi connectivity index (χ4v) is 1.80. The molecule has 14 heavy (non-hydrogen) atoms. The van der Waals surface area contributed by atoms with Gasteiger partial charge in [0.05, 0.1) is 0 Å². The first-order chi connectivity index (χ1) is 6.86. The van der Waals surface area contributed by atoms with E-state index in [0.29, 0.717) is 0 Å². The molecule has 0 spiro atoms. The fraction of sp³-hybridized carbons (Fsp3) is 0.600. The minimum absolute atomic E-state index is 0.445. The van der Waals surface area contributed by atoms with E-state index >= 15 is 0 Å². The number of nitrogens with zero attached hydrogens (tertiary/aromatic N) is 3. The van der Waals surface area contributed by atoms with Crippen LogP contribution in [0.4, 0.5) is 10.2 Å². The quantitative estimate of drug-likeness (QED) is 0.642. The highest BCUT2D eigenvalue weighted by Gasteiger charge is 2.11. The van der Waals surface area contributed by atoms with Crippen LogP contribution in [0.1, 0.15) is 25.7 Å². The highest BCUT2D eigenvalue weighted by atomic mass is 19.1.